The van der Waals surface area contributed by atoms with Crippen LogP contribution in [-0.4, -0.2) is 5.91 Å². The normalized spacial score (nSPS) is 9.71. The van der Waals surface area contributed by atoms with E-state index in [1.54, 1.807) is 24.3 Å². The Kier molecular flexibility index (Phi) is 3.62. The number of hydrazine groups is 1. The summed E-state index contributed by atoms with van der Waals surface area (Å²) in [5.41, 5.74) is 6.65. The summed E-state index contributed by atoms with van der Waals surface area (Å²) in [4.78, 5) is 11.8. The number of para-hydroxylation sites is 1. The van der Waals surface area contributed by atoms with Crippen molar-refractivity contribution in [2.75, 3.05) is 5.43 Å². The van der Waals surface area contributed by atoms with E-state index in [2.05, 4.69) is 10.9 Å². The number of benzene rings is 2. The molecule has 0 fully saturated rings. The van der Waals surface area contributed by atoms with Gasteiger partial charge in [0.1, 0.15) is 0 Å². The third-order valence-corrected chi connectivity index (χ3v) is 2.54. The first-order valence-electron chi connectivity index (χ1n) is 5.13. The number of nitrogens with one attached hydrogen (secondary N) is 2. The summed E-state index contributed by atoms with van der Waals surface area (Å²) in [7, 11) is 0. The Morgan fingerprint density at radius 3 is 2.29 bits per heavy atom. The van der Waals surface area contributed by atoms with Gasteiger partial charge in [-0.2, -0.15) is 0 Å². The Morgan fingerprint density at radius 2 is 1.59 bits per heavy atom. The van der Waals surface area contributed by atoms with Crippen LogP contribution < -0.4 is 10.9 Å². The number of hydrogen-bond donors (Lipinski definition) is 2. The molecule has 1 amide bonds. The third kappa shape index (κ3) is 2.98. The molecule has 0 radical (unpaired) electrons. The Labute approximate surface area is 104 Å². The Bertz CT molecular complexity index is 514. The van der Waals surface area contributed by atoms with Crippen molar-refractivity contribution in [2.24, 2.45) is 0 Å². The lowest BCUT2D eigenvalue weighted by Crippen LogP contribution is -2.29. The van der Waals surface area contributed by atoms with Crippen molar-refractivity contribution < 1.29 is 4.79 Å². The van der Waals surface area contributed by atoms with Crippen LogP contribution in [0.15, 0.2) is 54.6 Å². The minimum absolute atomic E-state index is 0.264. The van der Waals surface area contributed by atoms with Crippen LogP contribution in [0.5, 0.6) is 0 Å². The first-order valence-corrected chi connectivity index (χ1v) is 5.51. The number of rotatable bonds is 3. The molecule has 0 aliphatic heterocycles. The Balaban J connectivity index is 2.01. The van der Waals surface area contributed by atoms with Gasteiger partial charge in [-0.1, -0.05) is 41.9 Å². The third-order valence-electron chi connectivity index (χ3n) is 2.21. The second-order valence-electron chi connectivity index (χ2n) is 3.42. The van der Waals surface area contributed by atoms with Gasteiger partial charge in [-0.25, -0.2) is 0 Å². The average molecular weight is 247 g/mol. The van der Waals surface area contributed by atoms with Gasteiger partial charge in [0, 0.05) is 0 Å². The lowest BCUT2D eigenvalue weighted by molar-refractivity contribution is 0.0963. The molecule has 0 spiro atoms. The van der Waals surface area contributed by atoms with Gasteiger partial charge in [0.05, 0.1) is 16.3 Å². The van der Waals surface area contributed by atoms with E-state index in [4.69, 9.17) is 11.6 Å². The van der Waals surface area contributed by atoms with Gasteiger partial charge in [0.15, 0.2) is 0 Å². The van der Waals surface area contributed by atoms with E-state index >= 15 is 0 Å². The molecule has 0 atom stereocenters. The number of amides is 1. The van der Waals surface area contributed by atoms with Crippen molar-refractivity contribution in [3.05, 3.63) is 65.2 Å². The lowest BCUT2D eigenvalue weighted by atomic mass is 10.2. The molecule has 0 bridgehead atoms. The monoisotopic (exact) mass is 246 g/mol. The predicted molar refractivity (Wildman–Crippen MR) is 69.0 cm³/mol. The maximum Gasteiger partial charge on any atom is 0.271 e. The molecule has 0 saturated heterocycles. The topological polar surface area (TPSA) is 41.1 Å². The second-order valence-corrected chi connectivity index (χ2v) is 3.83. The highest BCUT2D eigenvalue weighted by atomic mass is 35.5. The van der Waals surface area contributed by atoms with Crippen molar-refractivity contribution in [1.29, 1.82) is 0 Å². The van der Waals surface area contributed by atoms with E-state index in [9.17, 15) is 4.79 Å². The van der Waals surface area contributed by atoms with Crippen molar-refractivity contribution in [1.82, 2.24) is 5.43 Å². The first kappa shape index (κ1) is 11.5. The standard InChI is InChI=1S/C13H11ClN2O/c14-12-9-5-4-8-11(12)13(17)16-15-10-6-2-1-3-7-10/h1-9,15H,(H,16,17). The lowest BCUT2D eigenvalue weighted by Gasteiger charge is -2.08. The molecule has 17 heavy (non-hydrogen) atoms. The van der Waals surface area contributed by atoms with E-state index in [0.29, 0.717) is 10.6 Å². The van der Waals surface area contributed by atoms with Crippen LogP contribution in [0, 0.1) is 0 Å². The van der Waals surface area contributed by atoms with E-state index in [1.165, 1.54) is 0 Å². The van der Waals surface area contributed by atoms with Crippen LogP contribution in [0.3, 0.4) is 0 Å². The summed E-state index contributed by atoms with van der Waals surface area (Å²) in [6.07, 6.45) is 0. The molecule has 2 aromatic carbocycles. The largest absolute Gasteiger partial charge is 0.298 e. The maximum atomic E-state index is 11.8. The van der Waals surface area contributed by atoms with Gasteiger partial charge >= 0.3 is 0 Å². The minimum Gasteiger partial charge on any atom is -0.298 e. The van der Waals surface area contributed by atoms with E-state index in [1.807, 2.05) is 30.3 Å². The van der Waals surface area contributed by atoms with Gasteiger partial charge in [-0.3, -0.25) is 15.6 Å². The second kappa shape index (κ2) is 5.37. The fourth-order valence-electron chi connectivity index (χ4n) is 1.36. The molecule has 4 heteroatoms. The summed E-state index contributed by atoms with van der Waals surface area (Å²) in [6.45, 7) is 0. The SMILES string of the molecule is O=C(NNc1ccccc1)c1ccccc1Cl. The van der Waals surface area contributed by atoms with Gasteiger partial charge in [0.2, 0.25) is 0 Å². The fourth-order valence-corrected chi connectivity index (χ4v) is 1.58. The van der Waals surface area contributed by atoms with E-state index < -0.39 is 0 Å². The van der Waals surface area contributed by atoms with Crippen LogP contribution in [-0.2, 0) is 0 Å². The van der Waals surface area contributed by atoms with E-state index in [-0.39, 0.29) is 5.91 Å². The number of carbonyl (C=O) groups excluding carboxylic acids is 1. The highest BCUT2D eigenvalue weighted by Crippen LogP contribution is 2.14. The summed E-state index contributed by atoms with van der Waals surface area (Å²) in [5.74, 6) is -0.264. The molecule has 0 aliphatic rings. The number of carbonyl (C=O) groups is 1. The van der Waals surface area contributed by atoms with Gasteiger partial charge in [0.25, 0.3) is 5.91 Å². The van der Waals surface area contributed by atoms with E-state index in [0.717, 1.165) is 5.69 Å². The van der Waals surface area contributed by atoms with Crippen molar-refractivity contribution in [2.45, 2.75) is 0 Å². The highest BCUT2D eigenvalue weighted by Gasteiger charge is 2.08. The van der Waals surface area contributed by atoms with Crippen molar-refractivity contribution in [3.8, 4) is 0 Å². The molecule has 3 nitrogen and oxygen atoms in total. The summed E-state index contributed by atoms with van der Waals surface area (Å²) in [5, 5.41) is 0.430. The van der Waals surface area contributed by atoms with Crippen molar-refractivity contribution in [3.63, 3.8) is 0 Å². The zero-order valence-corrected chi connectivity index (χ0v) is 9.74. The summed E-state index contributed by atoms with van der Waals surface area (Å²) in [6, 6.07) is 16.3. The zero-order valence-electron chi connectivity index (χ0n) is 8.98. The molecule has 2 N–H and O–H groups in total. The molecule has 0 heterocycles. The zero-order chi connectivity index (χ0) is 12.1. The first-order chi connectivity index (χ1) is 8.27. The maximum absolute atomic E-state index is 11.8. The number of hydrogen-bond acceptors (Lipinski definition) is 2. The van der Waals surface area contributed by atoms with Crippen LogP contribution in [0.25, 0.3) is 0 Å². The molecule has 86 valence electrons. The molecule has 2 rings (SSSR count). The molecular weight excluding hydrogens is 236 g/mol. The molecule has 0 saturated carbocycles. The predicted octanol–water partition coefficient (Wildman–Crippen LogP) is 3.10. The van der Waals surface area contributed by atoms with Crippen LogP contribution in [0.4, 0.5) is 5.69 Å². The van der Waals surface area contributed by atoms with Gasteiger partial charge in [-0.15, -0.1) is 0 Å². The Hall–Kier alpha value is -2.00. The smallest absolute Gasteiger partial charge is 0.271 e. The molecule has 2 aromatic rings. The minimum atomic E-state index is -0.264. The Morgan fingerprint density at radius 1 is 0.941 bits per heavy atom. The van der Waals surface area contributed by atoms with Crippen LogP contribution in [0.1, 0.15) is 10.4 Å². The quantitative estimate of drug-likeness (QED) is 0.817. The summed E-state index contributed by atoms with van der Waals surface area (Å²) < 4.78 is 0. The molecular formula is C13H11ClN2O. The fraction of sp³-hybridized carbons (Fsp3) is 0. The molecule has 0 aliphatic carbocycles. The average Bonchev–Trinajstić information content (AvgIpc) is 2.38. The van der Waals surface area contributed by atoms with Crippen molar-refractivity contribution >= 4 is 23.2 Å². The summed E-state index contributed by atoms with van der Waals surface area (Å²) >= 11 is 5.91. The van der Waals surface area contributed by atoms with Crippen LogP contribution >= 0.6 is 11.6 Å². The van der Waals surface area contributed by atoms with Gasteiger partial charge < -0.3 is 0 Å². The van der Waals surface area contributed by atoms with Gasteiger partial charge in [-0.05, 0) is 24.3 Å². The van der Waals surface area contributed by atoms with Crippen LogP contribution in [0.2, 0.25) is 5.02 Å². The highest BCUT2D eigenvalue weighted by molar-refractivity contribution is 6.33. The molecule has 0 aromatic heterocycles. The molecule has 0 unspecified atom stereocenters. The number of anilines is 1. The number of halogens is 1.